The number of phosphoric ester groups is 1. The minimum atomic E-state index is -4.28. The number of hydrogen-bond donors (Lipinski definition) is 2. The van der Waals surface area contributed by atoms with Gasteiger partial charge >= 0.3 is 7.82 Å². The van der Waals surface area contributed by atoms with E-state index in [1.165, 1.54) is 23.9 Å². The van der Waals surface area contributed by atoms with E-state index in [9.17, 15) is 27.5 Å². The molecule has 0 spiro atoms. The van der Waals surface area contributed by atoms with Crippen LogP contribution in [0.2, 0.25) is 0 Å². The Morgan fingerprint density at radius 2 is 1.93 bits per heavy atom. The van der Waals surface area contributed by atoms with E-state index >= 15 is 0 Å². The van der Waals surface area contributed by atoms with Crippen LogP contribution in [-0.2, 0) is 37.2 Å². The highest BCUT2D eigenvalue weighted by Crippen LogP contribution is 2.50. The highest BCUT2D eigenvalue weighted by atomic mass is 32.2. The molecule has 2 aromatic heterocycles. The number of rotatable bonds is 8. The Balaban J connectivity index is 1.34. The molecule has 3 heterocycles. The Hall–Kier alpha value is -3.64. The zero-order valence-electron chi connectivity index (χ0n) is 21.1. The average molecular weight is 590 g/mol. The van der Waals surface area contributed by atoms with Crippen molar-refractivity contribution in [3.63, 3.8) is 0 Å². The lowest BCUT2D eigenvalue weighted by atomic mass is 10.1. The molecule has 0 atom stereocenters. The van der Waals surface area contributed by atoms with Gasteiger partial charge in [-0.15, -0.1) is 0 Å². The van der Waals surface area contributed by atoms with Crippen LogP contribution in [0.15, 0.2) is 47.4 Å². The van der Waals surface area contributed by atoms with Crippen LogP contribution >= 0.6 is 7.82 Å². The number of sulfonamides is 1. The zero-order chi connectivity index (χ0) is 28.7. The molecule has 16 heteroatoms. The molecule has 2 fully saturated rings. The number of nitrogens with one attached hydrogen (secondary N) is 1. The number of carbonyl (C=O) groups is 1. The first-order valence-corrected chi connectivity index (χ1v) is 14.9. The molecule has 14 nitrogen and oxygen atoms in total. The number of amides is 1. The molecule has 0 bridgehead atoms. The van der Waals surface area contributed by atoms with Gasteiger partial charge in [0, 0.05) is 25.2 Å². The van der Waals surface area contributed by atoms with Crippen LogP contribution in [0, 0.1) is 11.3 Å². The van der Waals surface area contributed by atoms with Crippen molar-refractivity contribution in [3.05, 3.63) is 69.6 Å². The maximum atomic E-state index is 13.2. The van der Waals surface area contributed by atoms with E-state index < -0.39 is 47.5 Å². The van der Waals surface area contributed by atoms with Gasteiger partial charge in [0.2, 0.25) is 15.9 Å². The van der Waals surface area contributed by atoms with Crippen molar-refractivity contribution in [2.24, 2.45) is 7.05 Å². The predicted molar refractivity (Wildman–Crippen MR) is 139 cm³/mol. The number of nitriles is 1. The molecule has 1 amide bonds. The Bertz CT molecular complexity index is 1740. The van der Waals surface area contributed by atoms with E-state index in [1.54, 1.807) is 30.3 Å². The summed E-state index contributed by atoms with van der Waals surface area (Å²) in [5, 5.41) is 12.1. The Kier molecular flexibility index (Phi) is 7.26. The second-order valence-corrected chi connectivity index (χ2v) is 13.2. The molecule has 210 valence electrons. The average Bonchev–Trinajstić information content (AvgIpc) is 3.74. The standard InChI is InChI=1S/C24H24N5O9PS/c1-28-20-18(10-19(23(28)31)21(30)27-12-17-4-2-16(11-25)3-5-17)6-9-26-22(20)36-13-24(7-8-24)40(34,35)29-14-37-39(32,33)38-15-29/h2-6,9-10H,7-8,12-15H2,1H3,(H,27,30)(H,32,33). The van der Waals surface area contributed by atoms with Gasteiger partial charge in [-0.1, -0.05) is 12.1 Å². The Morgan fingerprint density at radius 1 is 1.25 bits per heavy atom. The molecule has 40 heavy (non-hydrogen) atoms. The molecule has 5 rings (SSSR count). The molecule has 1 saturated carbocycles. The normalized spacial score (nSPS) is 18.1. The van der Waals surface area contributed by atoms with Crippen LogP contribution in [-0.4, -0.2) is 57.9 Å². The number of aryl methyl sites for hydroxylation is 1. The van der Waals surface area contributed by atoms with Crippen molar-refractivity contribution in [1.82, 2.24) is 19.2 Å². The number of nitrogens with zero attached hydrogens (tertiary/aromatic N) is 4. The van der Waals surface area contributed by atoms with Gasteiger partial charge in [-0.25, -0.2) is 18.0 Å². The minimum absolute atomic E-state index is 0.00844. The summed E-state index contributed by atoms with van der Waals surface area (Å²) in [5.74, 6) is -0.582. The molecule has 0 radical (unpaired) electrons. The maximum absolute atomic E-state index is 13.2. The maximum Gasteiger partial charge on any atom is 0.474 e. The van der Waals surface area contributed by atoms with E-state index in [-0.39, 0.29) is 43.0 Å². The van der Waals surface area contributed by atoms with E-state index in [1.807, 2.05) is 6.07 Å². The van der Waals surface area contributed by atoms with Crippen LogP contribution in [0.25, 0.3) is 10.9 Å². The number of pyridine rings is 2. The van der Waals surface area contributed by atoms with E-state index in [0.29, 0.717) is 10.9 Å². The monoisotopic (exact) mass is 589 g/mol. The Morgan fingerprint density at radius 3 is 2.55 bits per heavy atom. The molecule has 1 aromatic carbocycles. The number of benzene rings is 1. The SMILES string of the molecule is Cn1c(=O)c(C(=O)NCc2ccc(C#N)cc2)cc2ccnc(OCC3(S(=O)(=O)N4COP(=O)(O)OC4)CC3)c21. The van der Waals surface area contributed by atoms with Gasteiger partial charge < -0.3 is 19.5 Å². The van der Waals surface area contributed by atoms with Gasteiger partial charge in [0.1, 0.15) is 35.9 Å². The van der Waals surface area contributed by atoms with Crippen molar-refractivity contribution in [1.29, 1.82) is 5.26 Å². The lowest BCUT2D eigenvalue weighted by Crippen LogP contribution is -2.46. The predicted octanol–water partition coefficient (Wildman–Crippen LogP) is 1.34. The first-order valence-electron chi connectivity index (χ1n) is 12.0. The fourth-order valence-corrected chi connectivity index (χ4v) is 6.78. The molecule has 1 aliphatic carbocycles. The number of carbonyl (C=O) groups excluding carboxylic acids is 1. The molecule has 2 aliphatic rings. The lowest BCUT2D eigenvalue weighted by molar-refractivity contribution is 0.0191. The summed E-state index contributed by atoms with van der Waals surface area (Å²) in [4.78, 5) is 39.5. The van der Waals surface area contributed by atoms with Gasteiger partial charge in [-0.3, -0.25) is 18.6 Å². The summed E-state index contributed by atoms with van der Waals surface area (Å²) in [6.07, 6.45) is 1.96. The third-order valence-corrected chi connectivity index (χ3v) is 10.2. The largest absolute Gasteiger partial charge is 0.474 e. The van der Waals surface area contributed by atoms with E-state index in [4.69, 9.17) is 10.00 Å². The number of fused-ring (bicyclic) bond motifs is 1. The summed E-state index contributed by atoms with van der Waals surface area (Å²) in [5.41, 5.74) is 0.806. The van der Waals surface area contributed by atoms with Crippen molar-refractivity contribution in [3.8, 4) is 11.9 Å². The molecule has 1 aliphatic heterocycles. The number of phosphoric acid groups is 1. The van der Waals surface area contributed by atoms with Crippen molar-refractivity contribution in [2.75, 3.05) is 20.1 Å². The molecule has 1 saturated heterocycles. The third-order valence-electron chi connectivity index (χ3n) is 6.77. The van der Waals surface area contributed by atoms with Crippen molar-refractivity contribution in [2.45, 2.75) is 24.1 Å². The zero-order valence-corrected chi connectivity index (χ0v) is 22.9. The number of ether oxygens (including phenoxy) is 1. The Labute approximate surface area is 228 Å². The topological polar surface area (TPSA) is 190 Å². The van der Waals surface area contributed by atoms with Gasteiger partial charge in [0.15, 0.2) is 0 Å². The molecular formula is C24H24N5O9PS. The molecule has 0 unspecified atom stereocenters. The number of hydrogen-bond acceptors (Lipinski definition) is 10. The molecule has 3 aromatic rings. The van der Waals surface area contributed by atoms with Crippen LogP contribution in [0.5, 0.6) is 5.88 Å². The first kappa shape index (κ1) is 27.9. The highest BCUT2D eigenvalue weighted by Gasteiger charge is 2.59. The fraction of sp³-hybridized carbons (Fsp3) is 0.333. The lowest BCUT2D eigenvalue weighted by Gasteiger charge is -2.31. The molecular weight excluding hydrogens is 565 g/mol. The van der Waals surface area contributed by atoms with Crippen molar-refractivity contribution >= 4 is 34.7 Å². The third kappa shape index (κ3) is 5.25. The summed E-state index contributed by atoms with van der Waals surface area (Å²) < 4.78 is 53.6. The van der Waals surface area contributed by atoms with Crippen LogP contribution in [0.4, 0.5) is 0 Å². The van der Waals surface area contributed by atoms with Crippen LogP contribution in [0.3, 0.4) is 0 Å². The van der Waals surface area contributed by atoms with Gasteiger partial charge in [-0.05, 0) is 42.7 Å². The fourth-order valence-electron chi connectivity index (χ4n) is 4.22. The van der Waals surface area contributed by atoms with Gasteiger partial charge in [-0.2, -0.15) is 9.57 Å². The van der Waals surface area contributed by atoms with Gasteiger partial charge in [0.25, 0.3) is 11.5 Å². The van der Waals surface area contributed by atoms with E-state index in [0.717, 1.165) is 9.87 Å². The second-order valence-electron chi connectivity index (χ2n) is 9.38. The summed E-state index contributed by atoms with van der Waals surface area (Å²) in [6.45, 7) is -1.41. The quantitative estimate of drug-likeness (QED) is 0.361. The number of aromatic nitrogens is 2. The smallest absolute Gasteiger partial charge is 0.474 e. The highest BCUT2D eigenvalue weighted by molar-refractivity contribution is 7.90. The van der Waals surface area contributed by atoms with Crippen molar-refractivity contribution < 1.29 is 36.5 Å². The minimum Gasteiger partial charge on any atom is -0.474 e. The molecule has 2 N–H and O–H groups in total. The van der Waals surface area contributed by atoms with Crippen LogP contribution in [0.1, 0.15) is 34.3 Å². The van der Waals surface area contributed by atoms with Gasteiger partial charge in [0.05, 0.1) is 11.6 Å². The second kappa shape index (κ2) is 10.4. The van der Waals surface area contributed by atoms with Crippen LogP contribution < -0.4 is 15.6 Å². The van der Waals surface area contributed by atoms with E-state index in [2.05, 4.69) is 19.3 Å². The first-order chi connectivity index (χ1) is 19.0. The summed E-state index contributed by atoms with van der Waals surface area (Å²) >= 11 is 0. The summed E-state index contributed by atoms with van der Waals surface area (Å²) in [6, 6.07) is 11.7. The summed E-state index contributed by atoms with van der Waals surface area (Å²) in [7, 11) is -6.86.